The fraction of sp³-hybridized carbons (Fsp3) is 0.143. The summed E-state index contributed by atoms with van der Waals surface area (Å²) in [6.45, 7) is 1.97. The fourth-order valence-corrected chi connectivity index (χ4v) is 1.11. The average Bonchev–Trinajstić information content (AvgIpc) is 1.80. The second-order valence-corrected chi connectivity index (χ2v) is 3.07. The standard InChI is InChI=1S/C7H5BrCl/c1-5-2-3-7(9)6(8)4-5/h3-4H,1H3. The highest BCUT2D eigenvalue weighted by Crippen LogP contribution is 2.22. The van der Waals surface area contributed by atoms with Crippen LogP contribution < -0.4 is 0 Å². The molecule has 0 bridgehead atoms. The Kier molecular flexibility index (Phi) is 2.14. The third-order valence-electron chi connectivity index (χ3n) is 0.998. The minimum Gasteiger partial charge on any atom is -0.0831 e. The van der Waals surface area contributed by atoms with Crippen molar-refractivity contribution >= 4 is 27.5 Å². The normalized spacial score (nSPS) is 9.67. The highest BCUT2D eigenvalue weighted by atomic mass is 79.9. The van der Waals surface area contributed by atoms with Crippen LogP contribution in [0.1, 0.15) is 5.56 Å². The Morgan fingerprint density at radius 2 is 2.33 bits per heavy atom. The van der Waals surface area contributed by atoms with Crippen LogP contribution in [0.15, 0.2) is 16.6 Å². The van der Waals surface area contributed by atoms with Crippen LogP contribution in [0.3, 0.4) is 0 Å². The van der Waals surface area contributed by atoms with Crippen LogP contribution in [0.25, 0.3) is 0 Å². The Morgan fingerprint density at radius 1 is 1.67 bits per heavy atom. The van der Waals surface area contributed by atoms with Crippen LogP contribution in [0.2, 0.25) is 5.02 Å². The third kappa shape index (κ3) is 1.70. The Labute approximate surface area is 68.0 Å². The largest absolute Gasteiger partial charge is 0.0831 e. The predicted octanol–water partition coefficient (Wildman–Crippen LogP) is 3.21. The molecule has 0 spiro atoms. The van der Waals surface area contributed by atoms with Gasteiger partial charge in [-0.2, -0.15) is 0 Å². The molecule has 47 valence electrons. The van der Waals surface area contributed by atoms with Crippen molar-refractivity contribution in [3.8, 4) is 0 Å². The van der Waals surface area contributed by atoms with Crippen LogP contribution in [-0.4, -0.2) is 0 Å². The molecule has 0 heterocycles. The lowest BCUT2D eigenvalue weighted by Crippen LogP contribution is -1.72. The summed E-state index contributed by atoms with van der Waals surface area (Å²) in [6, 6.07) is 6.66. The second-order valence-electron chi connectivity index (χ2n) is 1.81. The van der Waals surface area contributed by atoms with E-state index in [1.807, 2.05) is 13.0 Å². The molecule has 0 saturated heterocycles. The number of halogens is 2. The first kappa shape index (κ1) is 7.10. The van der Waals surface area contributed by atoms with E-state index >= 15 is 0 Å². The second kappa shape index (κ2) is 2.72. The summed E-state index contributed by atoms with van der Waals surface area (Å²) in [4.78, 5) is 0. The van der Waals surface area contributed by atoms with Crippen LogP contribution in [-0.2, 0) is 0 Å². The van der Waals surface area contributed by atoms with Gasteiger partial charge in [0.25, 0.3) is 0 Å². The number of rotatable bonds is 0. The molecule has 0 aliphatic rings. The van der Waals surface area contributed by atoms with Crippen molar-refractivity contribution in [1.29, 1.82) is 0 Å². The first-order chi connectivity index (χ1) is 4.20. The van der Waals surface area contributed by atoms with Crippen molar-refractivity contribution < 1.29 is 0 Å². The van der Waals surface area contributed by atoms with E-state index in [0.29, 0.717) is 5.02 Å². The van der Waals surface area contributed by atoms with E-state index in [9.17, 15) is 0 Å². The molecule has 0 fully saturated rings. The van der Waals surface area contributed by atoms with Gasteiger partial charge in [0.2, 0.25) is 0 Å². The molecule has 9 heavy (non-hydrogen) atoms. The Balaban J connectivity index is 3.17. The van der Waals surface area contributed by atoms with Crippen LogP contribution in [0.5, 0.6) is 0 Å². The first-order valence-corrected chi connectivity index (χ1v) is 3.70. The number of hydrogen-bond acceptors (Lipinski definition) is 0. The maximum Gasteiger partial charge on any atom is 0.0554 e. The summed E-state index contributed by atoms with van der Waals surface area (Å²) in [5, 5.41) is 0.709. The zero-order valence-corrected chi connectivity index (χ0v) is 7.25. The maximum atomic E-state index is 5.70. The van der Waals surface area contributed by atoms with Crippen molar-refractivity contribution in [2.75, 3.05) is 0 Å². The number of hydrogen-bond donors (Lipinski definition) is 0. The Hall–Kier alpha value is -0.0100. The Morgan fingerprint density at radius 3 is 2.78 bits per heavy atom. The van der Waals surface area contributed by atoms with Gasteiger partial charge in [-0.3, -0.25) is 0 Å². The summed E-state index contributed by atoms with van der Waals surface area (Å²) >= 11 is 9.00. The quantitative estimate of drug-likeness (QED) is 0.609. The minimum absolute atomic E-state index is 0.709. The van der Waals surface area contributed by atoms with Gasteiger partial charge in [0.1, 0.15) is 0 Å². The van der Waals surface area contributed by atoms with Crippen LogP contribution in [0.4, 0.5) is 0 Å². The lowest BCUT2D eigenvalue weighted by atomic mass is 10.2. The van der Waals surface area contributed by atoms with Crippen molar-refractivity contribution in [2.24, 2.45) is 0 Å². The lowest BCUT2D eigenvalue weighted by molar-refractivity contribution is 1.44. The average molecular weight is 204 g/mol. The van der Waals surface area contributed by atoms with Crippen molar-refractivity contribution in [3.63, 3.8) is 0 Å². The molecule has 0 aliphatic heterocycles. The Bertz CT molecular complexity index is 220. The van der Waals surface area contributed by atoms with Crippen molar-refractivity contribution in [2.45, 2.75) is 6.92 Å². The number of aryl methyl sites for hydroxylation is 1. The monoisotopic (exact) mass is 203 g/mol. The van der Waals surface area contributed by atoms with E-state index < -0.39 is 0 Å². The van der Waals surface area contributed by atoms with Gasteiger partial charge in [-0.05, 0) is 46.6 Å². The highest BCUT2D eigenvalue weighted by molar-refractivity contribution is 9.10. The van der Waals surface area contributed by atoms with Gasteiger partial charge in [0, 0.05) is 4.47 Å². The van der Waals surface area contributed by atoms with Crippen molar-refractivity contribution in [3.05, 3.63) is 33.3 Å². The molecule has 1 aromatic carbocycles. The van der Waals surface area contributed by atoms with Gasteiger partial charge in [-0.25, -0.2) is 0 Å². The zero-order valence-electron chi connectivity index (χ0n) is 4.91. The summed E-state index contributed by atoms with van der Waals surface area (Å²) < 4.78 is 0.931. The van der Waals surface area contributed by atoms with Gasteiger partial charge in [-0.1, -0.05) is 11.6 Å². The molecule has 0 atom stereocenters. The molecule has 0 N–H and O–H groups in total. The van der Waals surface area contributed by atoms with E-state index in [1.54, 1.807) is 6.07 Å². The molecule has 0 nitrogen and oxygen atoms in total. The molecule has 0 aliphatic carbocycles. The smallest absolute Gasteiger partial charge is 0.0554 e. The minimum atomic E-state index is 0.709. The SMILES string of the molecule is Cc1[c]cc(Cl)c(Br)c1. The lowest BCUT2D eigenvalue weighted by Gasteiger charge is -1.94. The van der Waals surface area contributed by atoms with Crippen LogP contribution in [0, 0.1) is 13.0 Å². The van der Waals surface area contributed by atoms with Gasteiger partial charge >= 0.3 is 0 Å². The molecular weight excluding hydrogens is 199 g/mol. The van der Waals surface area contributed by atoms with Gasteiger partial charge < -0.3 is 0 Å². The highest BCUT2D eigenvalue weighted by Gasteiger charge is 1.93. The third-order valence-corrected chi connectivity index (χ3v) is 2.20. The molecule has 0 unspecified atom stereocenters. The van der Waals surface area contributed by atoms with Gasteiger partial charge in [-0.15, -0.1) is 0 Å². The van der Waals surface area contributed by atoms with Gasteiger partial charge in [0.05, 0.1) is 5.02 Å². The van der Waals surface area contributed by atoms with Gasteiger partial charge in [0.15, 0.2) is 0 Å². The topological polar surface area (TPSA) is 0 Å². The summed E-state index contributed by atoms with van der Waals surface area (Å²) in [6.07, 6.45) is 0. The molecule has 1 rings (SSSR count). The van der Waals surface area contributed by atoms with E-state index in [2.05, 4.69) is 22.0 Å². The first-order valence-electron chi connectivity index (χ1n) is 2.53. The summed E-state index contributed by atoms with van der Waals surface area (Å²) in [5.41, 5.74) is 1.09. The molecule has 0 saturated carbocycles. The maximum absolute atomic E-state index is 5.70. The molecule has 0 amide bonds. The molecule has 2 heteroatoms. The fourth-order valence-electron chi connectivity index (χ4n) is 0.547. The number of benzene rings is 1. The zero-order chi connectivity index (χ0) is 6.85. The van der Waals surface area contributed by atoms with E-state index in [1.165, 1.54) is 0 Å². The van der Waals surface area contributed by atoms with E-state index in [4.69, 9.17) is 11.6 Å². The van der Waals surface area contributed by atoms with E-state index in [-0.39, 0.29) is 0 Å². The van der Waals surface area contributed by atoms with Crippen molar-refractivity contribution in [1.82, 2.24) is 0 Å². The molecule has 1 aromatic rings. The van der Waals surface area contributed by atoms with E-state index in [0.717, 1.165) is 10.0 Å². The summed E-state index contributed by atoms with van der Waals surface area (Å²) in [7, 11) is 0. The molecule has 0 aromatic heterocycles. The van der Waals surface area contributed by atoms with Crippen LogP contribution >= 0.6 is 27.5 Å². The molecule has 1 radical (unpaired) electrons. The predicted molar refractivity (Wildman–Crippen MR) is 42.7 cm³/mol. The molecular formula is C7H5BrCl. The summed E-state index contributed by atoms with van der Waals surface area (Å²) in [5.74, 6) is 0.